The van der Waals surface area contributed by atoms with Gasteiger partial charge in [0, 0.05) is 56.8 Å². The Morgan fingerprint density at radius 3 is 2.80 bits per heavy atom. The van der Waals surface area contributed by atoms with E-state index in [9.17, 15) is 4.79 Å². The van der Waals surface area contributed by atoms with Crippen LogP contribution in [0, 0.1) is 0 Å². The second-order valence-electron chi connectivity index (χ2n) is 7.28. The van der Waals surface area contributed by atoms with E-state index in [1.54, 1.807) is 24.5 Å². The summed E-state index contributed by atoms with van der Waals surface area (Å²) in [5, 5.41) is 0. The normalized spacial score (nSPS) is 22.1. The maximum absolute atomic E-state index is 12.9. The van der Waals surface area contributed by atoms with Crippen LogP contribution in [0.4, 0.5) is 5.95 Å². The second kappa shape index (κ2) is 6.10. The van der Waals surface area contributed by atoms with Crippen LogP contribution >= 0.6 is 0 Å². The Morgan fingerprint density at radius 2 is 2.04 bits per heavy atom. The molecule has 2 aromatic rings. The standard InChI is InChI=1S/C19H23N5O/c1-23(2)18-21-12-15-4-8-19(16(15)22-18)7-3-11-24(13-19)17(25)14-5-9-20-10-6-14/h5-6,9-10,12H,3-4,7-8,11,13H2,1-2H3. The van der Waals surface area contributed by atoms with Crippen molar-refractivity contribution in [3.8, 4) is 0 Å². The van der Waals surface area contributed by atoms with E-state index in [0.29, 0.717) is 5.56 Å². The number of pyridine rings is 1. The summed E-state index contributed by atoms with van der Waals surface area (Å²) < 4.78 is 0. The summed E-state index contributed by atoms with van der Waals surface area (Å²) >= 11 is 0. The molecule has 130 valence electrons. The summed E-state index contributed by atoms with van der Waals surface area (Å²) in [5.41, 5.74) is 3.08. The molecule has 25 heavy (non-hydrogen) atoms. The molecule has 1 aliphatic heterocycles. The van der Waals surface area contributed by atoms with Crippen molar-refractivity contribution < 1.29 is 4.79 Å². The van der Waals surface area contributed by atoms with E-state index in [2.05, 4.69) is 9.97 Å². The van der Waals surface area contributed by atoms with Gasteiger partial charge >= 0.3 is 0 Å². The van der Waals surface area contributed by atoms with Gasteiger partial charge in [0.25, 0.3) is 5.91 Å². The van der Waals surface area contributed by atoms with E-state index in [1.807, 2.05) is 30.1 Å². The molecule has 3 heterocycles. The van der Waals surface area contributed by atoms with Crippen LogP contribution in [-0.4, -0.2) is 52.9 Å². The number of rotatable bonds is 2. The predicted octanol–water partition coefficient (Wildman–Crippen LogP) is 2.06. The lowest BCUT2D eigenvalue weighted by Crippen LogP contribution is -2.48. The zero-order valence-electron chi connectivity index (χ0n) is 14.8. The number of aryl methyl sites for hydroxylation is 1. The molecule has 0 N–H and O–H groups in total. The first kappa shape index (κ1) is 16.0. The van der Waals surface area contributed by atoms with E-state index in [0.717, 1.165) is 50.4 Å². The minimum absolute atomic E-state index is 0.0238. The van der Waals surface area contributed by atoms with Gasteiger partial charge in [0.1, 0.15) is 0 Å². The average Bonchev–Trinajstić information content (AvgIpc) is 2.99. The lowest BCUT2D eigenvalue weighted by Gasteiger charge is -2.40. The number of amides is 1. The fraction of sp³-hybridized carbons (Fsp3) is 0.474. The number of carbonyl (C=O) groups is 1. The maximum atomic E-state index is 12.9. The van der Waals surface area contributed by atoms with Gasteiger partial charge in [-0.1, -0.05) is 0 Å². The number of carbonyl (C=O) groups excluding carboxylic acids is 1. The zero-order chi connectivity index (χ0) is 17.4. The Bertz CT molecular complexity index is 788. The van der Waals surface area contributed by atoms with Crippen molar-refractivity contribution in [3.63, 3.8) is 0 Å². The summed E-state index contributed by atoms with van der Waals surface area (Å²) in [6.07, 6.45) is 9.47. The molecule has 0 radical (unpaired) electrons. The Balaban J connectivity index is 1.64. The third kappa shape index (κ3) is 2.75. The molecule has 1 aliphatic carbocycles. The van der Waals surface area contributed by atoms with Crippen molar-refractivity contribution in [2.24, 2.45) is 0 Å². The molecule has 1 saturated heterocycles. The lowest BCUT2D eigenvalue weighted by molar-refractivity contribution is 0.0633. The highest BCUT2D eigenvalue weighted by atomic mass is 16.2. The number of hydrogen-bond donors (Lipinski definition) is 0. The van der Waals surface area contributed by atoms with Crippen molar-refractivity contribution in [2.45, 2.75) is 31.1 Å². The number of piperidine rings is 1. The predicted molar refractivity (Wildman–Crippen MR) is 95.7 cm³/mol. The van der Waals surface area contributed by atoms with Crippen molar-refractivity contribution in [1.29, 1.82) is 0 Å². The lowest BCUT2D eigenvalue weighted by atomic mass is 9.77. The minimum Gasteiger partial charge on any atom is -0.347 e. The van der Waals surface area contributed by atoms with Crippen LogP contribution in [0.3, 0.4) is 0 Å². The fourth-order valence-electron chi connectivity index (χ4n) is 4.13. The number of anilines is 1. The van der Waals surface area contributed by atoms with Gasteiger partial charge in [0.15, 0.2) is 0 Å². The highest BCUT2D eigenvalue weighted by molar-refractivity contribution is 5.94. The van der Waals surface area contributed by atoms with E-state index in [-0.39, 0.29) is 11.3 Å². The maximum Gasteiger partial charge on any atom is 0.253 e. The van der Waals surface area contributed by atoms with Crippen LogP contribution in [0.1, 0.15) is 40.9 Å². The summed E-state index contributed by atoms with van der Waals surface area (Å²) in [6.45, 7) is 1.55. The first-order valence-electron chi connectivity index (χ1n) is 8.82. The highest BCUT2D eigenvalue weighted by Gasteiger charge is 2.44. The number of likely N-dealkylation sites (tertiary alicyclic amines) is 1. The molecule has 2 aromatic heterocycles. The monoisotopic (exact) mass is 337 g/mol. The largest absolute Gasteiger partial charge is 0.347 e. The molecule has 4 rings (SSSR count). The number of nitrogens with zero attached hydrogens (tertiary/aromatic N) is 5. The SMILES string of the molecule is CN(C)c1ncc2c(n1)C1(CCCN(C(=O)c3ccncc3)C1)CC2. The van der Waals surface area contributed by atoms with Gasteiger partial charge < -0.3 is 9.80 Å². The Hall–Kier alpha value is -2.50. The Morgan fingerprint density at radius 1 is 1.24 bits per heavy atom. The third-order valence-corrected chi connectivity index (χ3v) is 5.42. The van der Waals surface area contributed by atoms with Gasteiger partial charge in [0.2, 0.25) is 5.95 Å². The molecular weight excluding hydrogens is 314 g/mol. The summed E-state index contributed by atoms with van der Waals surface area (Å²) in [6, 6.07) is 3.58. The zero-order valence-corrected chi connectivity index (χ0v) is 14.8. The van der Waals surface area contributed by atoms with Gasteiger partial charge in [-0.05, 0) is 43.4 Å². The molecule has 6 nitrogen and oxygen atoms in total. The molecule has 1 unspecified atom stereocenters. The minimum atomic E-state index is -0.0238. The highest BCUT2D eigenvalue weighted by Crippen LogP contribution is 2.44. The molecule has 0 aromatic carbocycles. The number of aromatic nitrogens is 3. The van der Waals surface area contributed by atoms with Crippen molar-refractivity contribution in [2.75, 3.05) is 32.1 Å². The number of fused-ring (bicyclic) bond motifs is 2. The molecule has 6 heteroatoms. The summed E-state index contributed by atoms with van der Waals surface area (Å²) in [7, 11) is 3.92. The van der Waals surface area contributed by atoms with Crippen LogP contribution in [-0.2, 0) is 11.8 Å². The van der Waals surface area contributed by atoms with E-state index >= 15 is 0 Å². The van der Waals surface area contributed by atoms with Crippen molar-refractivity contribution in [1.82, 2.24) is 19.9 Å². The third-order valence-electron chi connectivity index (χ3n) is 5.42. The molecule has 0 bridgehead atoms. The summed E-state index contributed by atoms with van der Waals surface area (Å²) in [4.78, 5) is 30.1. The Kier molecular flexibility index (Phi) is 3.90. The van der Waals surface area contributed by atoms with Crippen LogP contribution in [0.5, 0.6) is 0 Å². The van der Waals surface area contributed by atoms with Gasteiger partial charge in [-0.3, -0.25) is 9.78 Å². The van der Waals surface area contributed by atoms with Crippen molar-refractivity contribution in [3.05, 3.63) is 47.5 Å². The van der Waals surface area contributed by atoms with Crippen LogP contribution in [0.15, 0.2) is 30.7 Å². The first-order chi connectivity index (χ1) is 12.1. The second-order valence-corrected chi connectivity index (χ2v) is 7.28. The topological polar surface area (TPSA) is 62.2 Å². The van der Waals surface area contributed by atoms with E-state index in [4.69, 9.17) is 4.98 Å². The average molecular weight is 337 g/mol. The molecular formula is C19H23N5O. The van der Waals surface area contributed by atoms with Crippen LogP contribution < -0.4 is 4.90 Å². The van der Waals surface area contributed by atoms with Gasteiger partial charge in [-0.25, -0.2) is 9.97 Å². The first-order valence-corrected chi connectivity index (χ1v) is 8.82. The molecule has 1 fully saturated rings. The van der Waals surface area contributed by atoms with Gasteiger partial charge in [-0.2, -0.15) is 0 Å². The molecule has 2 aliphatic rings. The molecule has 1 spiro atoms. The van der Waals surface area contributed by atoms with Crippen LogP contribution in [0.2, 0.25) is 0 Å². The van der Waals surface area contributed by atoms with Crippen LogP contribution in [0.25, 0.3) is 0 Å². The van der Waals surface area contributed by atoms with Gasteiger partial charge in [0.05, 0.1) is 5.69 Å². The molecule has 1 amide bonds. The molecule has 1 atom stereocenters. The van der Waals surface area contributed by atoms with E-state index in [1.165, 1.54) is 5.56 Å². The van der Waals surface area contributed by atoms with E-state index < -0.39 is 0 Å². The van der Waals surface area contributed by atoms with Crippen molar-refractivity contribution >= 4 is 11.9 Å². The fourth-order valence-corrected chi connectivity index (χ4v) is 4.13. The van der Waals surface area contributed by atoms with Gasteiger partial charge in [-0.15, -0.1) is 0 Å². The quantitative estimate of drug-likeness (QED) is 0.839. The Labute approximate surface area is 147 Å². The summed E-state index contributed by atoms with van der Waals surface area (Å²) in [5.74, 6) is 0.842. The number of hydrogen-bond acceptors (Lipinski definition) is 5. The molecule has 0 saturated carbocycles. The smallest absolute Gasteiger partial charge is 0.253 e.